The zero-order valence-electron chi connectivity index (χ0n) is 26.6. The number of esters is 2. The van der Waals surface area contributed by atoms with Crippen molar-refractivity contribution in [1.29, 1.82) is 0 Å². The summed E-state index contributed by atoms with van der Waals surface area (Å²) in [6.45, 7) is 3.22. The Labute approximate surface area is 262 Å². The van der Waals surface area contributed by atoms with Crippen molar-refractivity contribution in [3.05, 3.63) is 48.0 Å². The minimum atomic E-state index is -0.0810. The summed E-state index contributed by atoms with van der Waals surface area (Å²) in [6, 6.07) is 14.8. The monoisotopic (exact) mass is 602 g/mol. The Morgan fingerprint density at radius 1 is 0.614 bits per heavy atom. The van der Waals surface area contributed by atoms with E-state index >= 15 is 0 Å². The van der Waals surface area contributed by atoms with Gasteiger partial charge in [-0.05, 0) is 95.1 Å². The highest BCUT2D eigenvalue weighted by molar-refractivity contribution is 6.11. The number of carbonyl (C=O) groups excluding carboxylic acids is 2. The van der Waals surface area contributed by atoms with Crippen molar-refractivity contribution in [2.45, 2.75) is 128 Å². The van der Waals surface area contributed by atoms with Gasteiger partial charge in [-0.1, -0.05) is 56.2 Å². The van der Waals surface area contributed by atoms with Gasteiger partial charge in [-0.3, -0.25) is 9.59 Å². The van der Waals surface area contributed by atoms with E-state index in [4.69, 9.17) is 18.9 Å². The summed E-state index contributed by atoms with van der Waals surface area (Å²) >= 11 is 0. The first-order valence-corrected chi connectivity index (χ1v) is 17.2. The first-order chi connectivity index (χ1) is 21.6. The molecule has 0 unspecified atom stereocenters. The number of rotatable bonds is 15. The lowest BCUT2D eigenvalue weighted by Gasteiger charge is -2.22. The van der Waals surface area contributed by atoms with Crippen molar-refractivity contribution in [2.24, 2.45) is 0 Å². The van der Waals surface area contributed by atoms with Crippen LogP contribution in [0.1, 0.15) is 115 Å². The molecule has 2 fully saturated rings. The highest BCUT2D eigenvalue weighted by Gasteiger charge is 2.20. The number of hydrogen-bond donors (Lipinski definition) is 0. The second-order valence-corrected chi connectivity index (χ2v) is 12.5. The maximum Gasteiger partial charge on any atom is 0.306 e. The molecular formula is C38H50O6. The third-order valence-electron chi connectivity index (χ3n) is 9.14. The Morgan fingerprint density at radius 3 is 1.59 bits per heavy atom. The molecule has 6 heteroatoms. The number of aryl methyl sites for hydroxylation is 1. The van der Waals surface area contributed by atoms with Crippen LogP contribution < -0.4 is 9.47 Å². The average molecular weight is 603 g/mol. The molecular weight excluding hydrogens is 552 g/mol. The molecule has 2 aliphatic carbocycles. The zero-order valence-corrected chi connectivity index (χ0v) is 26.6. The van der Waals surface area contributed by atoms with Crippen molar-refractivity contribution in [1.82, 2.24) is 0 Å². The molecule has 0 saturated heterocycles. The van der Waals surface area contributed by atoms with E-state index < -0.39 is 0 Å². The van der Waals surface area contributed by atoms with E-state index in [1.54, 1.807) is 0 Å². The van der Waals surface area contributed by atoms with Gasteiger partial charge in [0, 0.05) is 34.4 Å². The van der Waals surface area contributed by atoms with Crippen LogP contribution in [0.15, 0.2) is 42.5 Å². The van der Waals surface area contributed by atoms with Crippen molar-refractivity contribution < 1.29 is 28.5 Å². The molecule has 2 aliphatic rings. The van der Waals surface area contributed by atoms with Crippen molar-refractivity contribution in [3.8, 4) is 11.5 Å². The van der Waals surface area contributed by atoms with E-state index in [0.29, 0.717) is 26.1 Å². The molecule has 0 spiro atoms. The van der Waals surface area contributed by atoms with Gasteiger partial charge < -0.3 is 18.9 Å². The Kier molecular flexibility index (Phi) is 12.2. The largest absolute Gasteiger partial charge is 0.492 e. The molecule has 0 aromatic heterocycles. The topological polar surface area (TPSA) is 71.1 Å². The molecule has 0 bridgehead atoms. The number of hydrogen-bond acceptors (Lipinski definition) is 6. The smallest absolute Gasteiger partial charge is 0.306 e. The minimum Gasteiger partial charge on any atom is -0.492 e. The second-order valence-electron chi connectivity index (χ2n) is 12.5. The van der Waals surface area contributed by atoms with Crippen LogP contribution in [-0.4, -0.2) is 37.4 Å². The first-order valence-electron chi connectivity index (χ1n) is 17.2. The van der Waals surface area contributed by atoms with E-state index in [2.05, 4.69) is 37.3 Å². The predicted octanol–water partition coefficient (Wildman–Crippen LogP) is 9.41. The van der Waals surface area contributed by atoms with Crippen LogP contribution in [0.4, 0.5) is 0 Å². The number of ether oxygens (including phenoxy) is 4. The molecule has 3 aromatic carbocycles. The lowest BCUT2D eigenvalue weighted by atomic mass is 9.98. The zero-order chi connectivity index (χ0) is 30.6. The van der Waals surface area contributed by atoms with Gasteiger partial charge in [-0.25, -0.2) is 0 Å². The summed E-state index contributed by atoms with van der Waals surface area (Å²) in [5, 5.41) is 4.12. The molecule has 0 radical (unpaired) electrons. The Bertz CT molecular complexity index is 1370. The minimum absolute atomic E-state index is 0.0806. The molecule has 2 saturated carbocycles. The number of fused-ring (bicyclic) bond motifs is 2. The average Bonchev–Trinajstić information content (AvgIpc) is 3.05. The first kappa shape index (κ1) is 32.1. The molecule has 0 heterocycles. The van der Waals surface area contributed by atoms with Crippen molar-refractivity contribution >= 4 is 33.5 Å². The van der Waals surface area contributed by atoms with Gasteiger partial charge >= 0.3 is 11.9 Å². The van der Waals surface area contributed by atoms with E-state index in [1.165, 1.54) is 18.4 Å². The second kappa shape index (κ2) is 16.7. The quantitative estimate of drug-likeness (QED) is 0.0980. The van der Waals surface area contributed by atoms with Crippen molar-refractivity contribution in [3.63, 3.8) is 0 Å². The standard InChI is InChI=1S/C38H50O6/c1-2-28-23-24-33-34(27-28)38(42-26-14-12-22-36(40)44-30-17-7-4-8-18-30)32-20-10-9-19-31(32)37(33)41-25-13-11-21-35(39)43-29-15-5-3-6-16-29/h9-10,19-20,23-24,27,29-30H,2-8,11-18,21-22,25-26H2,1H3. The SMILES string of the molecule is CCc1ccc2c(OCCCCC(=O)OC3CCCCC3)c3ccccc3c(OCCCCC(=O)OC3CCCCC3)c2c1. The molecule has 0 N–H and O–H groups in total. The van der Waals surface area contributed by atoms with Crippen LogP contribution in [-0.2, 0) is 25.5 Å². The van der Waals surface area contributed by atoms with Crippen molar-refractivity contribution in [2.75, 3.05) is 13.2 Å². The van der Waals surface area contributed by atoms with Gasteiger partial charge in [-0.15, -0.1) is 0 Å². The normalized spacial score (nSPS) is 16.2. The van der Waals surface area contributed by atoms with Gasteiger partial charge in [0.25, 0.3) is 0 Å². The number of benzene rings is 3. The van der Waals surface area contributed by atoms with Gasteiger partial charge in [-0.2, -0.15) is 0 Å². The third kappa shape index (κ3) is 8.89. The molecule has 44 heavy (non-hydrogen) atoms. The maximum atomic E-state index is 12.3. The van der Waals surface area contributed by atoms with E-state index in [9.17, 15) is 9.59 Å². The van der Waals surface area contributed by atoms with Crippen LogP contribution >= 0.6 is 0 Å². The molecule has 3 aromatic rings. The summed E-state index contributed by atoms with van der Waals surface area (Å²) in [7, 11) is 0. The maximum absolute atomic E-state index is 12.3. The van der Waals surface area contributed by atoms with Crippen LogP contribution in [0.2, 0.25) is 0 Å². The van der Waals surface area contributed by atoms with Crippen LogP contribution in [0.5, 0.6) is 11.5 Å². The van der Waals surface area contributed by atoms with E-state index in [0.717, 1.165) is 117 Å². The summed E-state index contributed by atoms with van der Waals surface area (Å²) in [5.74, 6) is 1.57. The fourth-order valence-electron chi connectivity index (χ4n) is 6.62. The third-order valence-corrected chi connectivity index (χ3v) is 9.14. The van der Waals surface area contributed by atoms with Gasteiger partial charge in [0.05, 0.1) is 13.2 Å². The fourth-order valence-corrected chi connectivity index (χ4v) is 6.62. The van der Waals surface area contributed by atoms with E-state index in [1.807, 2.05) is 12.1 Å². The highest BCUT2D eigenvalue weighted by Crippen LogP contribution is 2.43. The summed E-state index contributed by atoms with van der Waals surface area (Å²) < 4.78 is 24.3. The lowest BCUT2D eigenvalue weighted by molar-refractivity contribution is -0.151. The van der Waals surface area contributed by atoms with Gasteiger partial charge in [0.15, 0.2) is 0 Å². The molecule has 0 aliphatic heterocycles. The van der Waals surface area contributed by atoms with Gasteiger partial charge in [0.2, 0.25) is 0 Å². The summed E-state index contributed by atoms with van der Waals surface area (Å²) in [6.07, 6.45) is 16.2. The fraction of sp³-hybridized carbons (Fsp3) is 0.579. The molecule has 6 nitrogen and oxygen atoms in total. The Balaban J connectivity index is 1.20. The molecule has 0 amide bonds. The number of unbranched alkanes of at least 4 members (excludes halogenated alkanes) is 2. The lowest BCUT2D eigenvalue weighted by Crippen LogP contribution is -2.20. The van der Waals surface area contributed by atoms with Crippen LogP contribution in [0.3, 0.4) is 0 Å². The number of carbonyl (C=O) groups is 2. The molecule has 238 valence electrons. The summed E-state index contributed by atoms with van der Waals surface area (Å²) in [4.78, 5) is 24.7. The Morgan fingerprint density at radius 2 is 1.09 bits per heavy atom. The molecule has 0 atom stereocenters. The summed E-state index contributed by atoms with van der Waals surface area (Å²) in [5.41, 5.74) is 1.24. The molecule has 5 rings (SSSR count). The van der Waals surface area contributed by atoms with Gasteiger partial charge in [0.1, 0.15) is 23.7 Å². The Hall–Kier alpha value is -3.28. The predicted molar refractivity (Wildman–Crippen MR) is 175 cm³/mol. The van der Waals surface area contributed by atoms with E-state index in [-0.39, 0.29) is 24.1 Å². The highest BCUT2D eigenvalue weighted by atomic mass is 16.5. The van der Waals surface area contributed by atoms with Crippen LogP contribution in [0.25, 0.3) is 21.5 Å². The van der Waals surface area contributed by atoms with Crippen LogP contribution in [0, 0.1) is 0 Å².